The van der Waals surface area contributed by atoms with Gasteiger partial charge < -0.3 is 9.90 Å². The predicted octanol–water partition coefficient (Wildman–Crippen LogP) is 1.00. The van der Waals surface area contributed by atoms with Crippen LogP contribution >= 0.6 is 0 Å². The number of carbonyl (C=O) groups is 1. The lowest BCUT2D eigenvalue weighted by atomic mass is 9.91. The molecule has 3 atom stereocenters. The summed E-state index contributed by atoms with van der Waals surface area (Å²) in [5, 5.41) is 9.03. The first-order chi connectivity index (χ1) is 4.63. The molecule has 10 heavy (non-hydrogen) atoms. The van der Waals surface area contributed by atoms with E-state index in [2.05, 4.69) is 6.58 Å². The average Bonchev–Trinajstić information content (AvgIpc) is 1.88. The highest BCUT2D eigenvalue weighted by Gasteiger charge is 2.18. The molecule has 0 aromatic heterocycles. The number of aldehydes is 1. The van der Waals surface area contributed by atoms with Crippen LogP contribution in [-0.4, -0.2) is 17.5 Å². The van der Waals surface area contributed by atoms with Gasteiger partial charge in [-0.3, -0.25) is 0 Å². The third-order valence-corrected chi connectivity index (χ3v) is 1.69. The molecule has 0 bridgehead atoms. The van der Waals surface area contributed by atoms with Gasteiger partial charge in [-0.05, 0) is 12.8 Å². The lowest BCUT2D eigenvalue weighted by molar-refractivity contribution is -0.115. The quantitative estimate of drug-likeness (QED) is 0.469. The van der Waals surface area contributed by atoms with Gasteiger partial charge in [-0.25, -0.2) is 0 Å². The molecule has 0 aliphatic heterocycles. The SMILES string of the molecule is C=CC(C)C(C=O)C(C)O. The zero-order chi connectivity index (χ0) is 8.15. The first-order valence-corrected chi connectivity index (χ1v) is 3.39. The molecule has 0 aliphatic carbocycles. The number of allylic oxidation sites excluding steroid dienone is 1. The molecule has 0 aromatic carbocycles. The summed E-state index contributed by atoms with van der Waals surface area (Å²) in [6.07, 6.45) is 1.87. The second-order valence-electron chi connectivity index (χ2n) is 2.55. The topological polar surface area (TPSA) is 37.3 Å². The third-order valence-electron chi connectivity index (χ3n) is 1.69. The van der Waals surface area contributed by atoms with Gasteiger partial charge in [0.15, 0.2) is 0 Å². The van der Waals surface area contributed by atoms with Crippen LogP contribution < -0.4 is 0 Å². The fraction of sp³-hybridized carbons (Fsp3) is 0.625. The highest BCUT2D eigenvalue weighted by atomic mass is 16.3. The Morgan fingerprint density at radius 3 is 2.10 bits per heavy atom. The molecule has 0 radical (unpaired) electrons. The molecule has 58 valence electrons. The molecule has 0 heterocycles. The smallest absolute Gasteiger partial charge is 0.126 e. The predicted molar refractivity (Wildman–Crippen MR) is 40.6 cm³/mol. The van der Waals surface area contributed by atoms with E-state index in [-0.39, 0.29) is 11.8 Å². The Kier molecular flexibility index (Phi) is 3.96. The van der Waals surface area contributed by atoms with Gasteiger partial charge in [-0.2, -0.15) is 0 Å². The standard InChI is InChI=1S/C8H14O2/c1-4-6(2)8(5-9)7(3)10/h4-8,10H,1H2,2-3H3. The van der Waals surface area contributed by atoms with Gasteiger partial charge in [0.1, 0.15) is 6.29 Å². The van der Waals surface area contributed by atoms with Crippen LogP contribution in [0.15, 0.2) is 12.7 Å². The first-order valence-electron chi connectivity index (χ1n) is 3.39. The van der Waals surface area contributed by atoms with E-state index in [0.717, 1.165) is 6.29 Å². The number of hydrogen-bond donors (Lipinski definition) is 1. The summed E-state index contributed by atoms with van der Waals surface area (Å²) in [7, 11) is 0. The van der Waals surface area contributed by atoms with Crippen molar-refractivity contribution in [3.05, 3.63) is 12.7 Å². The molecule has 0 rings (SSSR count). The maximum absolute atomic E-state index is 10.3. The number of hydrogen-bond acceptors (Lipinski definition) is 2. The minimum absolute atomic E-state index is 0.0532. The molecule has 0 aromatic rings. The molecule has 0 aliphatic rings. The van der Waals surface area contributed by atoms with Crippen LogP contribution in [0.3, 0.4) is 0 Å². The minimum atomic E-state index is -0.578. The van der Waals surface area contributed by atoms with Crippen molar-refractivity contribution < 1.29 is 9.90 Å². The Morgan fingerprint density at radius 2 is 2.00 bits per heavy atom. The normalized spacial score (nSPS) is 19.1. The van der Waals surface area contributed by atoms with E-state index in [4.69, 9.17) is 5.11 Å². The zero-order valence-corrected chi connectivity index (χ0v) is 6.45. The fourth-order valence-electron chi connectivity index (χ4n) is 0.834. The van der Waals surface area contributed by atoms with Gasteiger partial charge in [0, 0.05) is 5.92 Å². The number of aliphatic hydroxyl groups is 1. The van der Waals surface area contributed by atoms with E-state index in [1.807, 2.05) is 6.92 Å². The second kappa shape index (κ2) is 4.23. The van der Waals surface area contributed by atoms with Gasteiger partial charge in [-0.15, -0.1) is 6.58 Å². The summed E-state index contributed by atoms with van der Waals surface area (Å²) in [6.45, 7) is 7.01. The lowest BCUT2D eigenvalue weighted by Crippen LogP contribution is -2.23. The number of aliphatic hydroxyl groups excluding tert-OH is 1. The van der Waals surface area contributed by atoms with E-state index in [0.29, 0.717) is 0 Å². The second-order valence-corrected chi connectivity index (χ2v) is 2.55. The maximum atomic E-state index is 10.3. The highest BCUT2D eigenvalue weighted by molar-refractivity contribution is 5.55. The number of carbonyl (C=O) groups excluding carboxylic acids is 1. The van der Waals surface area contributed by atoms with Crippen molar-refractivity contribution in [3.63, 3.8) is 0 Å². The molecule has 0 saturated heterocycles. The molecule has 1 N–H and O–H groups in total. The van der Waals surface area contributed by atoms with Gasteiger partial charge in [0.2, 0.25) is 0 Å². The largest absolute Gasteiger partial charge is 0.393 e. The lowest BCUT2D eigenvalue weighted by Gasteiger charge is -2.17. The van der Waals surface area contributed by atoms with Crippen LogP contribution in [0.5, 0.6) is 0 Å². The van der Waals surface area contributed by atoms with Crippen molar-refractivity contribution in [1.29, 1.82) is 0 Å². The summed E-state index contributed by atoms with van der Waals surface area (Å²) in [6, 6.07) is 0. The van der Waals surface area contributed by atoms with Crippen LogP contribution in [0.2, 0.25) is 0 Å². The van der Waals surface area contributed by atoms with Gasteiger partial charge in [0.25, 0.3) is 0 Å². The Hall–Kier alpha value is -0.630. The van der Waals surface area contributed by atoms with Gasteiger partial charge in [-0.1, -0.05) is 13.0 Å². The zero-order valence-electron chi connectivity index (χ0n) is 6.45. The van der Waals surface area contributed by atoms with Crippen LogP contribution in [0.4, 0.5) is 0 Å². The highest BCUT2D eigenvalue weighted by Crippen LogP contribution is 2.13. The summed E-state index contributed by atoms with van der Waals surface area (Å²) in [5.74, 6) is -0.255. The molecular formula is C8H14O2. The van der Waals surface area contributed by atoms with Crippen molar-refractivity contribution >= 4 is 6.29 Å². The fourth-order valence-corrected chi connectivity index (χ4v) is 0.834. The van der Waals surface area contributed by atoms with Crippen molar-refractivity contribution in [2.45, 2.75) is 20.0 Å². The molecule has 3 unspecified atom stereocenters. The Bertz CT molecular complexity index is 118. The first kappa shape index (κ1) is 9.37. The van der Waals surface area contributed by atoms with Crippen LogP contribution in [-0.2, 0) is 4.79 Å². The van der Waals surface area contributed by atoms with Crippen molar-refractivity contribution in [2.24, 2.45) is 11.8 Å². The molecule has 0 fully saturated rings. The van der Waals surface area contributed by atoms with E-state index in [1.54, 1.807) is 13.0 Å². The average molecular weight is 142 g/mol. The monoisotopic (exact) mass is 142 g/mol. The molecule has 2 heteroatoms. The van der Waals surface area contributed by atoms with Crippen LogP contribution in [0.25, 0.3) is 0 Å². The van der Waals surface area contributed by atoms with Gasteiger partial charge >= 0.3 is 0 Å². The van der Waals surface area contributed by atoms with E-state index in [1.165, 1.54) is 0 Å². The Balaban J connectivity index is 4.04. The molecule has 0 amide bonds. The Morgan fingerprint density at radius 1 is 1.50 bits per heavy atom. The minimum Gasteiger partial charge on any atom is -0.393 e. The summed E-state index contributed by atoms with van der Waals surface area (Å²) in [5.41, 5.74) is 0. The van der Waals surface area contributed by atoms with E-state index < -0.39 is 6.10 Å². The summed E-state index contributed by atoms with van der Waals surface area (Å²) >= 11 is 0. The van der Waals surface area contributed by atoms with E-state index >= 15 is 0 Å². The van der Waals surface area contributed by atoms with Crippen molar-refractivity contribution in [1.82, 2.24) is 0 Å². The van der Waals surface area contributed by atoms with E-state index in [9.17, 15) is 4.79 Å². The van der Waals surface area contributed by atoms with Crippen LogP contribution in [0.1, 0.15) is 13.8 Å². The van der Waals surface area contributed by atoms with Gasteiger partial charge in [0.05, 0.1) is 6.10 Å². The Labute approximate surface area is 61.6 Å². The van der Waals surface area contributed by atoms with Crippen LogP contribution in [0, 0.1) is 11.8 Å². The molecule has 0 saturated carbocycles. The number of rotatable bonds is 4. The maximum Gasteiger partial charge on any atom is 0.126 e. The third kappa shape index (κ3) is 2.31. The molecule has 2 nitrogen and oxygen atoms in total. The van der Waals surface area contributed by atoms with Crippen molar-refractivity contribution in [3.8, 4) is 0 Å². The summed E-state index contributed by atoms with van der Waals surface area (Å²) < 4.78 is 0. The van der Waals surface area contributed by atoms with Crippen molar-refractivity contribution in [2.75, 3.05) is 0 Å². The summed E-state index contributed by atoms with van der Waals surface area (Å²) in [4.78, 5) is 10.3. The molecule has 0 spiro atoms. The molecular weight excluding hydrogens is 128 g/mol.